The first kappa shape index (κ1) is 13.9. The minimum absolute atomic E-state index is 0.132. The molecule has 104 valence electrons. The summed E-state index contributed by atoms with van der Waals surface area (Å²) < 4.78 is 5.73. The second kappa shape index (κ2) is 7.14. The van der Waals surface area contributed by atoms with E-state index in [2.05, 4.69) is 5.32 Å². The number of carbonyl (C=O) groups is 1. The Morgan fingerprint density at radius 2 is 1.89 bits per heavy atom. The van der Waals surface area contributed by atoms with E-state index in [-0.39, 0.29) is 11.7 Å². The van der Waals surface area contributed by atoms with Gasteiger partial charge in [0.05, 0.1) is 12.7 Å². The van der Waals surface area contributed by atoms with Gasteiger partial charge in [0.25, 0.3) is 5.91 Å². The number of phenols is 1. The zero-order valence-corrected chi connectivity index (χ0v) is 11.1. The van der Waals surface area contributed by atoms with Gasteiger partial charge in [0, 0.05) is 12.1 Å². The summed E-state index contributed by atoms with van der Waals surface area (Å²) in [6, 6.07) is 6.22. The highest BCUT2D eigenvalue weighted by atomic mass is 16.5. The number of amides is 1. The zero-order valence-electron chi connectivity index (χ0n) is 11.1. The lowest BCUT2D eigenvalue weighted by Gasteiger charge is -2.21. The van der Waals surface area contributed by atoms with Gasteiger partial charge in [-0.1, -0.05) is 19.3 Å². The van der Waals surface area contributed by atoms with Gasteiger partial charge in [-0.15, -0.1) is 0 Å². The zero-order chi connectivity index (χ0) is 13.5. The van der Waals surface area contributed by atoms with E-state index in [1.807, 2.05) is 0 Å². The van der Waals surface area contributed by atoms with Crippen LogP contribution in [0.5, 0.6) is 5.75 Å². The van der Waals surface area contributed by atoms with Crippen LogP contribution in [0.2, 0.25) is 0 Å². The maximum atomic E-state index is 11.8. The molecule has 0 atom stereocenters. The van der Waals surface area contributed by atoms with Crippen molar-refractivity contribution in [2.24, 2.45) is 0 Å². The molecule has 0 aromatic heterocycles. The fourth-order valence-corrected chi connectivity index (χ4v) is 2.34. The number of hydrogen-bond acceptors (Lipinski definition) is 3. The molecule has 0 bridgehead atoms. The highest BCUT2D eigenvalue weighted by molar-refractivity contribution is 5.94. The Labute approximate surface area is 113 Å². The molecule has 0 heterocycles. The Balaban J connectivity index is 1.64. The summed E-state index contributed by atoms with van der Waals surface area (Å²) in [7, 11) is 0. The summed E-state index contributed by atoms with van der Waals surface area (Å²) in [5.41, 5.74) is 0.551. The van der Waals surface area contributed by atoms with Gasteiger partial charge in [-0.05, 0) is 37.1 Å². The van der Waals surface area contributed by atoms with Gasteiger partial charge in [-0.25, -0.2) is 0 Å². The summed E-state index contributed by atoms with van der Waals surface area (Å²) in [6.45, 7) is 1.09. The van der Waals surface area contributed by atoms with Crippen LogP contribution >= 0.6 is 0 Å². The number of phenolic OH excluding ortho intramolecular Hbond substituents is 1. The Morgan fingerprint density at radius 1 is 1.21 bits per heavy atom. The summed E-state index contributed by atoms with van der Waals surface area (Å²) in [4.78, 5) is 11.8. The van der Waals surface area contributed by atoms with Crippen molar-refractivity contribution in [3.8, 4) is 5.75 Å². The van der Waals surface area contributed by atoms with Gasteiger partial charge in [-0.3, -0.25) is 4.79 Å². The van der Waals surface area contributed by atoms with Gasteiger partial charge in [-0.2, -0.15) is 0 Å². The van der Waals surface area contributed by atoms with Crippen LogP contribution in [0.25, 0.3) is 0 Å². The van der Waals surface area contributed by atoms with Crippen LogP contribution in [0, 0.1) is 0 Å². The number of ether oxygens (including phenoxy) is 1. The molecule has 19 heavy (non-hydrogen) atoms. The second-order valence-electron chi connectivity index (χ2n) is 4.93. The van der Waals surface area contributed by atoms with Gasteiger partial charge in [0.15, 0.2) is 0 Å². The smallest absolute Gasteiger partial charge is 0.251 e. The number of aromatic hydroxyl groups is 1. The van der Waals surface area contributed by atoms with E-state index in [0.717, 1.165) is 12.8 Å². The van der Waals surface area contributed by atoms with E-state index in [1.54, 1.807) is 12.1 Å². The Hall–Kier alpha value is -1.55. The number of hydrogen-bond donors (Lipinski definition) is 2. The third-order valence-electron chi connectivity index (χ3n) is 3.42. The lowest BCUT2D eigenvalue weighted by atomic mass is 9.98. The third kappa shape index (κ3) is 4.56. The quantitative estimate of drug-likeness (QED) is 0.802. The fourth-order valence-electron chi connectivity index (χ4n) is 2.34. The van der Waals surface area contributed by atoms with Gasteiger partial charge < -0.3 is 15.2 Å². The molecule has 0 saturated heterocycles. The predicted molar refractivity (Wildman–Crippen MR) is 73.3 cm³/mol. The molecule has 1 aromatic carbocycles. The Kier molecular flexibility index (Phi) is 5.21. The molecule has 0 radical (unpaired) electrons. The highest BCUT2D eigenvalue weighted by Gasteiger charge is 2.13. The van der Waals surface area contributed by atoms with Crippen LogP contribution in [-0.2, 0) is 4.74 Å². The lowest BCUT2D eigenvalue weighted by molar-refractivity contribution is 0.0299. The van der Waals surface area contributed by atoms with Crippen molar-refractivity contribution in [3.05, 3.63) is 29.8 Å². The highest BCUT2D eigenvalue weighted by Crippen LogP contribution is 2.19. The minimum Gasteiger partial charge on any atom is -0.508 e. The van der Waals surface area contributed by atoms with Crippen molar-refractivity contribution in [1.29, 1.82) is 0 Å². The molecule has 4 heteroatoms. The van der Waals surface area contributed by atoms with Crippen LogP contribution in [0.1, 0.15) is 42.5 Å². The van der Waals surface area contributed by atoms with Gasteiger partial charge in [0.1, 0.15) is 5.75 Å². The number of rotatable bonds is 5. The molecule has 0 unspecified atom stereocenters. The maximum absolute atomic E-state index is 11.8. The van der Waals surface area contributed by atoms with Crippen LogP contribution in [-0.4, -0.2) is 30.3 Å². The van der Waals surface area contributed by atoms with E-state index in [0.29, 0.717) is 24.8 Å². The van der Waals surface area contributed by atoms with Crippen molar-refractivity contribution in [1.82, 2.24) is 5.32 Å². The van der Waals surface area contributed by atoms with Crippen LogP contribution in [0.3, 0.4) is 0 Å². The van der Waals surface area contributed by atoms with E-state index in [9.17, 15) is 4.79 Å². The number of nitrogens with one attached hydrogen (secondary N) is 1. The third-order valence-corrected chi connectivity index (χ3v) is 3.42. The van der Waals surface area contributed by atoms with E-state index < -0.39 is 0 Å². The number of carbonyl (C=O) groups excluding carboxylic acids is 1. The molecule has 1 aliphatic rings. The molecule has 4 nitrogen and oxygen atoms in total. The van der Waals surface area contributed by atoms with E-state index in [1.165, 1.54) is 31.4 Å². The van der Waals surface area contributed by atoms with Gasteiger partial charge >= 0.3 is 0 Å². The summed E-state index contributed by atoms with van der Waals surface area (Å²) >= 11 is 0. The minimum atomic E-state index is -0.132. The predicted octanol–water partition coefficient (Wildman–Crippen LogP) is 2.47. The Bertz CT molecular complexity index is 396. The maximum Gasteiger partial charge on any atom is 0.251 e. The molecule has 0 spiro atoms. The fraction of sp³-hybridized carbons (Fsp3) is 0.533. The summed E-state index contributed by atoms with van der Waals surface area (Å²) in [6.07, 6.45) is 6.49. The van der Waals surface area contributed by atoms with Crippen LogP contribution in [0.15, 0.2) is 24.3 Å². The molecule has 1 fully saturated rings. The second-order valence-corrected chi connectivity index (χ2v) is 4.93. The topological polar surface area (TPSA) is 58.6 Å². The molecule has 2 N–H and O–H groups in total. The monoisotopic (exact) mass is 263 g/mol. The van der Waals surface area contributed by atoms with E-state index >= 15 is 0 Å². The largest absolute Gasteiger partial charge is 0.508 e. The molecule has 2 rings (SSSR count). The first-order chi connectivity index (χ1) is 9.25. The first-order valence-corrected chi connectivity index (χ1v) is 6.94. The lowest BCUT2D eigenvalue weighted by Crippen LogP contribution is -2.29. The van der Waals surface area contributed by atoms with Crippen molar-refractivity contribution >= 4 is 5.91 Å². The first-order valence-electron chi connectivity index (χ1n) is 6.94. The molecule has 1 aliphatic carbocycles. The molecule has 1 aromatic rings. The van der Waals surface area contributed by atoms with Crippen molar-refractivity contribution in [3.63, 3.8) is 0 Å². The van der Waals surface area contributed by atoms with Crippen LogP contribution < -0.4 is 5.32 Å². The van der Waals surface area contributed by atoms with Crippen molar-refractivity contribution in [2.45, 2.75) is 38.2 Å². The SMILES string of the molecule is O=C(NCCOC1CCCCC1)c1ccc(O)cc1. The molecule has 1 amide bonds. The average Bonchev–Trinajstić information content (AvgIpc) is 2.45. The molecular formula is C15H21NO3. The molecular weight excluding hydrogens is 242 g/mol. The summed E-state index contributed by atoms with van der Waals surface area (Å²) in [5.74, 6) is 0.0319. The van der Waals surface area contributed by atoms with Crippen molar-refractivity contribution in [2.75, 3.05) is 13.2 Å². The summed E-state index contributed by atoms with van der Waals surface area (Å²) in [5, 5.41) is 12.0. The molecule has 0 aliphatic heterocycles. The van der Waals surface area contributed by atoms with Crippen molar-refractivity contribution < 1.29 is 14.6 Å². The Morgan fingerprint density at radius 3 is 2.58 bits per heavy atom. The molecule has 1 saturated carbocycles. The van der Waals surface area contributed by atoms with Crippen LogP contribution in [0.4, 0.5) is 0 Å². The normalized spacial score (nSPS) is 16.2. The standard InChI is InChI=1S/C15H21NO3/c17-13-8-6-12(7-9-13)15(18)16-10-11-19-14-4-2-1-3-5-14/h6-9,14,17H,1-5,10-11H2,(H,16,18). The van der Waals surface area contributed by atoms with Gasteiger partial charge in [0.2, 0.25) is 0 Å². The van der Waals surface area contributed by atoms with E-state index in [4.69, 9.17) is 9.84 Å². The number of benzene rings is 1. The average molecular weight is 263 g/mol.